The van der Waals surface area contributed by atoms with Crippen LogP contribution in [0.1, 0.15) is 23.9 Å². The third-order valence-electron chi connectivity index (χ3n) is 2.80. The van der Waals surface area contributed by atoms with Crippen LogP contribution < -0.4 is 10.2 Å². The number of oxazole rings is 1. The van der Waals surface area contributed by atoms with Gasteiger partial charge in [-0.1, -0.05) is 6.92 Å². The van der Waals surface area contributed by atoms with Gasteiger partial charge in [0, 0.05) is 19.2 Å². The molecule has 2 aromatic rings. The third-order valence-corrected chi connectivity index (χ3v) is 2.80. The van der Waals surface area contributed by atoms with E-state index in [9.17, 15) is 0 Å². The average molecular weight is 249 g/mol. The van der Waals surface area contributed by atoms with Crippen molar-refractivity contribution in [2.45, 2.75) is 26.9 Å². The molecule has 0 aliphatic carbocycles. The molecule has 0 amide bonds. The van der Waals surface area contributed by atoms with Crippen molar-refractivity contribution < 1.29 is 8.83 Å². The van der Waals surface area contributed by atoms with Gasteiger partial charge < -0.3 is 19.1 Å². The summed E-state index contributed by atoms with van der Waals surface area (Å²) in [5, 5.41) is 3.22. The summed E-state index contributed by atoms with van der Waals surface area (Å²) in [7, 11) is 1.95. The Bertz CT molecular complexity index is 490. The van der Waals surface area contributed by atoms with Crippen molar-refractivity contribution in [2.24, 2.45) is 0 Å². The average Bonchev–Trinajstić information content (AvgIpc) is 2.97. The van der Waals surface area contributed by atoms with Crippen LogP contribution in [0.25, 0.3) is 0 Å². The fraction of sp³-hybridized carbons (Fsp3) is 0.462. The number of hydrogen-bond acceptors (Lipinski definition) is 5. The first kappa shape index (κ1) is 12.7. The number of rotatable bonds is 6. The minimum Gasteiger partial charge on any atom is -0.469 e. The second-order valence-corrected chi connectivity index (χ2v) is 4.26. The van der Waals surface area contributed by atoms with Gasteiger partial charge in [0.15, 0.2) is 0 Å². The van der Waals surface area contributed by atoms with Crippen molar-refractivity contribution in [3.8, 4) is 0 Å². The number of nitrogens with zero attached hydrogens (tertiary/aromatic N) is 2. The van der Waals surface area contributed by atoms with E-state index >= 15 is 0 Å². The van der Waals surface area contributed by atoms with E-state index in [2.05, 4.69) is 17.2 Å². The lowest BCUT2D eigenvalue weighted by Gasteiger charge is -2.13. The molecule has 2 heterocycles. The Morgan fingerprint density at radius 3 is 2.89 bits per heavy atom. The van der Waals surface area contributed by atoms with Gasteiger partial charge in [0.05, 0.1) is 18.5 Å². The van der Waals surface area contributed by atoms with Crippen LogP contribution in [0.15, 0.2) is 27.4 Å². The Balaban J connectivity index is 1.98. The van der Waals surface area contributed by atoms with Gasteiger partial charge in [-0.15, -0.1) is 0 Å². The highest BCUT2D eigenvalue weighted by atomic mass is 16.4. The summed E-state index contributed by atoms with van der Waals surface area (Å²) in [5.41, 5.74) is 2.06. The molecular formula is C13H19N3O2. The van der Waals surface area contributed by atoms with Crippen LogP contribution in [0.4, 0.5) is 6.01 Å². The number of hydrogen-bond donors (Lipinski definition) is 1. The van der Waals surface area contributed by atoms with Gasteiger partial charge >= 0.3 is 0 Å². The van der Waals surface area contributed by atoms with E-state index < -0.39 is 0 Å². The summed E-state index contributed by atoms with van der Waals surface area (Å²) < 4.78 is 10.7. The molecule has 2 rings (SSSR count). The Morgan fingerprint density at radius 2 is 2.22 bits per heavy atom. The Kier molecular flexibility index (Phi) is 4.04. The van der Waals surface area contributed by atoms with Gasteiger partial charge in [0.25, 0.3) is 6.01 Å². The van der Waals surface area contributed by atoms with E-state index in [0.717, 1.165) is 36.7 Å². The molecule has 2 aromatic heterocycles. The molecular weight excluding hydrogens is 230 g/mol. The predicted molar refractivity (Wildman–Crippen MR) is 69.4 cm³/mol. The molecule has 98 valence electrons. The first-order valence-corrected chi connectivity index (χ1v) is 6.10. The summed E-state index contributed by atoms with van der Waals surface area (Å²) in [5.74, 6) is 0.932. The predicted octanol–water partition coefficient (Wildman–Crippen LogP) is 2.32. The first-order valence-electron chi connectivity index (χ1n) is 6.10. The molecule has 5 heteroatoms. The van der Waals surface area contributed by atoms with Crippen LogP contribution in [0.3, 0.4) is 0 Å². The lowest BCUT2D eigenvalue weighted by Crippen LogP contribution is -2.17. The maximum atomic E-state index is 5.46. The molecule has 0 aliphatic heterocycles. The molecule has 0 saturated heterocycles. The molecule has 18 heavy (non-hydrogen) atoms. The number of furan rings is 1. The van der Waals surface area contributed by atoms with Crippen molar-refractivity contribution in [1.29, 1.82) is 0 Å². The van der Waals surface area contributed by atoms with Crippen molar-refractivity contribution >= 4 is 6.01 Å². The van der Waals surface area contributed by atoms with Gasteiger partial charge in [-0.05, 0) is 19.5 Å². The monoisotopic (exact) mass is 249 g/mol. The van der Waals surface area contributed by atoms with Crippen LogP contribution in [-0.2, 0) is 13.1 Å². The van der Waals surface area contributed by atoms with Crippen molar-refractivity contribution in [1.82, 2.24) is 10.3 Å². The van der Waals surface area contributed by atoms with E-state index in [1.807, 2.05) is 24.9 Å². The van der Waals surface area contributed by atoms with E-state index in [-0.39, 0.29) is 0 Å². The molecule has 0 saturated carbocycles. The zero-order chi connectivity index (χ0) is 13.0. The summed E-state index contributed by atoms with van der Waals surface area (Å²) in [6, 6.07) is 2.59. The summed E-state index contributed by atoms with van der Waals surface area (Å²) >= 11 is 0. The molecule has 0 aromatic carbocycles. The SMILES string of the molecule is CCNCc1coc(N(C)Cc2ccoc2C)n1. The van der Waals surface area contributed by atoms with E-state index in [0.29, 0.717) is 6.01 Å². The van der Waals surface area contributed by atoms with Gasteiger partial charge in [-0.3, -0.25) is 0 Å². The summed E-state index contributed by atoms with van der Waals surface area (Å²) in [6.45, 7) is 6.40. The van der Waals surface area contributed by atoms with E-state index in [1.54, 1.807) is 12.5 Å². The minimum absolute atomic E-state index is 0.628. The Labute approximate surface area is 107 Å². The highest BCUT2D eigenvalue weighted by Crippen LogP contribution is 2.17. The molecule has 0 aliphatic rings. The molecule has 0 atom stereocenters. The molecule has 0 radical (unpaired) electrons. The van der Waals surface area contributed by atoms with Crippen molar-refractivity contribution in [3.05, 3.63) is 35.6 Å². The largest absolute Gasteiger partial charge is 0.469 e. The van der Waals surface area contributed by atoms with Crippen LogP contribution in [-0.4, -0.2) is 18.6 Å². The summed E-state index contributed by atoms with van der Waals surface area (Å²) in [4.78, 5) is 6.39. The zero-order valence-electron chi connectivity index (χ0n) is 11.1. The quantitative estimate of drug-likeness (QED) is 0.851. The number of nitrogens with one attached hydrogen (secondary N) is 1. The lowest BCUT2D eigenvalue weighted by atomic mass is 10.2. The number of aromatic nitrogens is 1. The normalized spacial score (nSPS) is 10.8. The van der Waals surface area contributed by atoms with Crippen LogP contribution in [0.5, 0.6) is 0 Å². The van der Waals surface area contributed by atoms with Crippen LogP contribution >= 0.6 is 0 Å². The number of anilines is 1. The molecule has 0 fully saturated rings. The van der Waals surface area contributed by atoms with Crippen LogP contribution in [0, 0.1) is 6.92 Å². The fourth-order valence-corrected chi connectivity index (χ4v) is 1.70. The standard InChI is InChI=1S/C13H19N3O2/c1-4-14-7-12-9-18-13(15-12)16(3)8-11-5-6-17-10(11)2/h5-6,9,14H,4,7-8H2,1-3H3. The van der Waals surface area contributed by atoms with Crippen molar-refractivity contribution in [2.75, 3.05) is 18.5 Å². The number of aryl methyl sites for hydroxylation is 1. The first-order chi connectivity index (χ1) is 8.70. The molecule has 0 unspecified atom stereocenters. The van der Waals surface area contributed by atoms with E-state index in [1.165, 1.54) is 0 Å². The highest BCUT2D eigenvalue weighted by Gasteiger charge is 2.11. The van der Waals surface area contributed by atoms with Crippen LogP contribution in [0.2, 0.25) is 0 Å². The Morgan fingerprint density at radius 1 is 1.39 bits per heavy atom. The topological polar surface area (TPSA) is 54.4 Å². The second-order valence-electron chi connectivity index (χ2n) is 4.26. The molecule has 0 spiro atoms. The third kappa shape index (κ3) is 2.92. The minimum atomic E-state index is 0.628. The van der Waals surface area contributed by atoms with Gasteiger partial charge in [-0.25, -0.2) is 0 Å². The maximum Gasteiger partial charge on any atom is 0.297 e. The highest BCUT2D eigenvalue weighted by molar-refractivity contribution is 5.29. The van der Waals surface area contributed by atoms with Gasteiger partial charge in [0.1, 0.15) is 12.0 Å². The van der Waals surface area contributed by atoms with Gasteiger partial charge in [-0.2, -0.15) is 4.98 Å². The molecule has 1 N–H and O–H groups in total. The Hall–Kier alpha value is -1.75. The lowest BCUT2D eigenvalue weighted by molar-refractivity contribution is 0.524. The van der Waals surface area contributed by atoms with E-state index in [4.69, 9.17) is 8.83 Å². The molecule has 0 bridgehead atoms. The second kappa shape index (κ2) is 5.73. The zero-order valence-corrected chi connectivity index (χ0v) is 11.1. The van der Waals surface area contributed by atoms with Crippen molar-refractivity contribution in [3.63, 3.8) is 0 Å². The fourth-order valence-electron chi connectivity index (χ4n) is 1.70. The van der Waals surface area contributed by atoms with Gasteiger partial charge in [0.2, 0.25) is 0 Å². The molecule has 5 nitrogen and oxygen atoms in total. The smallest absolute Gasteiger partial charge is 0.297 e. The maximum absolute atomic E-state index is 5.46. The summed E-state index contributed by atoms with van der Waals surface area (Å²) in [6.07, 6.45) is 3.39.